The van der Waals surface area contributed by atoms with Crippen LogP contribution < -0.4 is 0 Å². The Morgan fingerprint density at radius 1 is 1.35 bits per heavy atom. The summed E-state index contributed by atoms with van der Waals surface area (Å²) in [5.41, 5.74) is 1.32. The number of hydrogen-bond acceptors (Lipinski definition) is 5. The molecule has 1 aliphatic carbocycles. The molecule has 2 aliphatic rings. The summed E-state index contributed by atoms with van der Waals surface area (Å²) in [6, 6.07) is 0.458. The Morgan fingerprint density at radius 2 is 2.20 bits per heavy atom. The Hall–Kier alpha value is -1.27. The van der Waals surface area contributed by atoms with Gasteiger partial charge in [-0.2, -0.15) is 4.37 Å². The highest BCUT2D eigenvalue weighted by Crippen LogP contribution is 2.35. The van der Waals surface area contributed by atoms with Gasteiger partial charge in [-0.05, 0) is 44.1 Å². The Kier molecular flexibility index (Phi) is 2.89. The van der Waals surface area contributed by atoms with Gasteiger partial charge in [-0.3, -0.25) is 4.90 Å². The summed E-state index contributed by atoms with van der Waals surface area (Å²) in [7, 11) is 0. The number of hydrogen-bond donors (Lipinski definition) is 0. The van der Waals surface area contributed by atoms with Crippen LogP contribution >= 0.6 is 11.5 Å². The lowest BCUT2D eigenvalue weighted by Gasteiger charge is -2.34. The summed E-state index contributed by atoms with van der Waals surface area (Å²) >= 11 is 1.44. The second kappa shape index (κ2) is 4.63. The van der Waals surface area contributed by atoms with Crippen LogP contribution in [0.1, 0.15) is 37.3 Å². The van der Waals surface area contributed by atoms with Gasteiger partial charge in [0.25, 0.3) is 0 Å². The number of fused-ring (bicyclic) bond motifs is 1. The van der Waals surface area contributed by atoms with Gasteiger partial charge in [-0.25, -0.2) is 9.97 Å². The van der Waals surface area contributed by atoms with E-state index >= 15 is 0 Å². The predicted molar refractivity (Wildman–Crippen MR) is 78.6 cm³/mol. The molecule has 0 amide bonds. The summed E-state index contributed by atoms with van der Waals surface area (Å²) < 4.78 is 6.60. The first-order chi connectivity index (χ1) is 9.72. The fraction of sp³-hybridized carbons (Fsp3) is 0.643. The molecule has 20 heavy (non-hydrogen) atoms. The maximum atomic E-state index is 4.61. The number of nitrogens with zero attached hydrogens (tertiary/aromatic N) is 5. The van der Waals surface area contributed by atoms with Crippen molar-refractivity contribution in [3.8, 4) is 10.8 Å². The summed E-state index contributed by atoms with van der Waals surface area (Å²) in [5.74, 6) is 2.77. The maximum Gasteiger partial charge on any atom is 0.179 e. The third-order valence-corrected chi connectivity index (χ3v) is 5.18. The largest absolute Gasteiger partial charge is 0.323 e. The fourth-order valence-corrected chi connectivity index (χ4v) is 3.68. The van der Waals surface area contributed by atoms with E-state index in [-0.39, 0.29) is 0 Å². The summed E-state index contributed by atoms with van der Waals surface area (Å²) in [6.07, 6.45) is 4.85. The lowest BCUT2D eigenvalue weighted by molar-refractivity contribution is 0.163. The van der Waals surface area contributed by atoms with Gasteiger partial charge >= 0.3 is 0 Å². The van der Waals surface area contributed by atoms with E-state index in [1.54, 1.807) is 0 Å². The Labute approximate surface area is 122 Å². The van der Waals surface area contributed by atoms with Crippen LogP contribution in [-0.4, -0.2) is 36.9 Å². The first-order valence-electron chi connectivity index (χ1n) is 7.32. The van der Waals surface area contributed by atoms with Crippen molar-refractivity contribution in [2.24, 2.45) is 5.92 Å². The first-order valence-corrected chi connectivity index (χ1v) is 8.10. The molecule has 3 heterocycles. The minimum absolute atomic E-state index is 0.458. The van der Waals surface area contributed by atoms with E-state index in [0.29, 0.717) is 6.04 Å². The highest BCUT2D eigenvalue weighted by molar-refractivity contribution is 7.09. The number of aromatic nitrogens is 4. The molecule has 0 unspecified atom stereocenters. The van der Waals surface area contributed by atoms with Gasteiger partial charge in [-0.15, -0.1) is 0 Å². The van der Waals surface area contributed by atoms with Crippen LogP contribution in [0.2, 0.25) is 0 Å². The molecule has 1 aliphatic heterocycles. The molecule has 2 aromatic heterocycles. The first kappa shape index (κ1) is 12.5. The summed E-state index contributed by atoms with van der Waals surface area (Å²) in [4.78, 5) is 11.7. The Balaban J connectivity index is 1.64. The molecule has 0 aromatic carbocycles. The zero-order valence-corrected chi connectivity index (χ0v) is 12.7. The zero-order chi connectivity index (χ0) is 13.7. The van der Waals surface area contributed by atoms with Crippen LogP contribution in [0.25, 0.3) is 10.8 Å². The van der Waals surface area contributed by atoms with Gasteiger partial charge in [0.15, 0.2) is 10.8 Å². The van der Waals surface area contributed by atoms with Crippen molar-refractivity contribution in [1.29, 1.82) is 0 Å². The second-order valence-corrected chi connectivity index (χ2v) is 6.67. The van der Waals surface area contributed by atoms with E-state index in [1.807, 2.05) is 13.1 Å². The third kappa shape index (κ3) is 2.07. The average Bonchev–Trinajstić information content (AvgIpc) is 2.97. The molecule has 4 rings (SSSR count). The molecule has 106 valence electrons. The molecule has 1 saturated carbocycles. The lowest BCUT2D eigenvalue weighted by atomic mass is 10.1. The minimum atomic E-state index is 0.458. The third-order valence-electron chi connectivity index (χ3n) is 4.38. The van der Waals surface area contributed by atoms with Crippen molar-refractivity contribution < 1.29 is 0 Å². The van der Waals surface area contributed by atoms with Crippen molar-refractivity contribution in [3.63, 3.8) is 0 Å². The number of rotatable bonds is 3. The van der Waals surface area contributed by atoms with E-state index in [9.17, 15) is 0 Å². The summed E-state index contributed by atoms with van der Waals surface area (Å²) in [5, 5.41) is 0.941. The molecular weight excluding hydrogens is 270 g/mol. The van der Waals surface area contributed by atoms with Crippen molar-refractivity contribution in [3.05, 3.63) is 17.7 Å². The highest BCUT2D eigenvalue weighted by Gasteiger charge is 2.32. The predicted octanol–water partition coefficient (Wildman–Crippen LogP) is 2.50. The van der Waals surface area contributed by atoms with E-state index in [4.69, 9.17) is 0 Å². The van der Waals surface area contributed by atoms with Crippen LogP contribution in [0.4, 0.5) is 0 Å². The fourth-order valence-electron chi connectivity index (χ4n) is 3.01. The standard InChI is InChI=1S/C14H19N5S/c1-9-12-7-15-13(14-16-10(2)17-20-14)19(12)6-5-18(9)8-11-3-4-11/h7,9,11H,3-6,8H2,1-2H3/t9-/m1/s1. The van der Waals surface area contributed by atoms with Crippen LogP contribution in [0.15, 0.2) is 6.20 Å². The molecule has 0 saturated heterocycles. The Morgan fingerprint density at radius 3 is 2.90 bits per heavy atom. The molecule has 0 radical (unpaired) electrons. The number of imidazole rings is 1. The van der Waals surface area contributed by atoms with Crippen LogP contribution in [-0.2, 0) is 6.54 Å². The van der Waals surface area contributed by atoms with E-state index in [0.717, 1.165) is 35.7 Å². The minimum Gasteiger partial charge on any atom is -0.323 e. The lowest BCUT2D eigenvalue weighted by Crippen LogP contribution is -2.38. The maximum absolute atomic E-state index is 4.61. The van der Waals surface area contributed by atoms with Crippen LogP contribution in [0, 0.1) is 12.8 Å². The van der Waals surface area contributed by atoms with Crippen LogP contribution in [0.5, 0.6) is 0 Å². The quantitative estimate of drug-likeness (QED) is 0.871. The van der Waals surface area contributed by atoms with Crippen molar-refractivity contribution in [1.82, 2.24) is 23.8 Å². The zero-order valence-electron chi connectivity index (χ0n) is 11.9. The van der Waals surface area contributed by atoms with E-state index < -0.39 is 0 Å². The molecule has 2 aromatic rings. The highest BCUT2D eigenvalue weighted by atomic mass is 32.1. The van der Waals surface area contributed by atoms with Gasteiger partial charge < -0.3 is 4.57 Å². The van der Waals surface area contributed by atoms with Gasteiger partial charge in [0, 0.05) is 25.7 Å². The molecule has 1 fully saturated rings. The smallest absolute Gasteiger partial charge is 0.179 e. The second-order valence-electron chi connectivity index (χ2n) is 5.92. The Bertz CT molecular complexity index is 627. The topological polar surface area (TPSA) is 46.8 Å². The van der Waals surface area contributed by atoms with Gasteiger partial charge in [-0.1, -0.05) is 0 Å². The molecular formula is C14H19N5S. The van der Waals surface area contributed by atoms with Crippen molar-refractivity contribution in [2.45, 2.75) is 39.3 Å². The molecule has 0 bridgehead atoms. The monoisotopic (exact) mass is 289 g/mol. The SMILES string of the molecule is Cc1nsc(-c2ncc3n2CCN(CC2CC2)[C@@H]3C)n1. The molecule has 5 nitrogen and oxygen atoms in total. The van der Waals surface area contributed by atoms with Gasteiger partial charge in [0.1, 0.15) is 5.82 Å². The number of aryl methyl sites for hydroxylation is 1. The molecule has 0 N–H and O–H groups in total. The molecule has 1 atom stereocenters. The molecule has 6 heteroatoms. The molecule has 0 spiro atoms. The van der Waals surface area contributed by atoms with Gasteiger partial charge in [0.05, 0.1) is 11.9 Å². The van der Waals surface area contributed by atoms with E-state index in [1.165, 1.54) is 36.6 Å². The van der Waals surface area contributed by atoms with Crippen LogP contribution in [0.3, 0.4) is 0 Å². The average molecular weight is 289 g/mol. The summed E-state index contributed by atoms with van der Waals surface area (Å²) in [6.45, 7) is 7.61. The van der Waals surface area contributed by atoms with E-state index in [2.05, 4.69) is 30.7 Å². The van der Waals surface area contributed by atoms with Crippen molar-refractivity contribution >= 4 is 11.5 Å². The van der Waals surface area contributed by atoms with Gasteiger partial charge in [0.2, 0.25) is 0 Å². The van der Waals surface area contributed by atoms with Crippen molar-refractivity contribution in [2.75, 3.05) is 13.1 Å². The normalized spacial score (nSPS) is 23.0.